The molecule has 0 spiro atoms. The number of aromatic hydroxyl groups is 1. The number of carbonyl (C=O) groups is 2. The summed E-state index contributed by atoms with van der Waals surface area (Å²) in [4.78, 5) is 44.4. The van der Waals surface area contributed by atoms with Gasteiger partial charge in [-0.05, 0) is 43.2 Å². The molecule has 1 amide bonds. The number of ether oxygens (including phenoxy) is 1. The number of anilines is 1. The molecule has 1 aliphatic rings. The molecule has 2 unspecified atom stereocenters. The maximum Gasteiger partial charge on any atom is 0.341 e. The van der Waals surface area contributed by atoms with E-state index in [1.54, 1.807) is 6.92 Å². The van der Waals surface area contributed by atoms with E-state index in [-0.39, 0.29) is 11.1 Å². The summed E-state index contributed by atoms with van der Waals surface area (Å²) >= 11 is 2.41. The van der Waals surface area contributed by atoms with Crippen LogP contribution in [0.4, 0.5) is 5.00 Å². The molecule has 0 aliphatic heterocycles. The quantitative estimate of drug-likeness (QED) is 0.276. The summed E-state index contributed by atoms with van der Waals surface area (Å²) in [5.74, 6) is -0.884. The number of aromatic amines is 1. The summed E-state index contributed by atoms with van der Waals surface area (Å²) in [6, 6.07) is 11.2. The van der Waals surface area contributed by atoms with Crippen molar-refractivity contribution in [2.24, 2.45) is 0 Å². The van der Waals surface area contributed by atoms with Crippen LogP contribution < -0.4 is 10.9 Å². The third-order valence-electron chi connectivity index (χ3n) is 5.53. The van der Waals surface area contributed by atoms with Gasteiger partial charge < -0.3 is 20.1 Å². The molecule has 3 aromatic rings. The van der Waals surface area contributed by atoms with Crippen LogP contribution in [0.1, 0.15) is 45.6 Å². The lowest BCUT2D eigenvalue weighted by Gasteiger charge is -2.22. The second kappa shape index (κ2) is 9.80. The number of thioether (sulfide) groups is 1. The molecule has 3 N–H and O–H groups in total. The highest BCUT2D eigenvalue weighted by Crippen LogP contribution is 2.43. The number of rotatable bonds is 6. The Morgan fingerprint density at radius 1 is 1.33 bits per heavy atom. The van der Waals surface area contributed by atoms with Gasteiger partial charge in [0.05, 0.1) is 24.0 Å². The number of aromatic nitrogens is 2. The molecule has 0 bridgehead atoms. The first kappa shape index (κ1) is 23.1. The molecule has 0 saturated carbocycles. The predicted octanol–water partition coefficient (Wildman–Crippen LogP) is 3.72. The lowest BCUT2D eigenvalue weighted by Crippen LogP contribution is -2.24. The van der Waals surface area contributed by atoms with Crippen molar-refractivity contribution in [2.45, 2.75) is 42.5 Å². The summed E-state index contributed by atoms with van der Waals surface area (Å²) in [5, 5.41) is 12.3. The van der Waals surface area contributed by atoms with Gasteiger partial charge in [0.25, 0.3) is 5.56 Å². The molecule has 0 fully saturated rings. The Balaban J connectivity index is 1.56. The van der Waals surface area contributed by atoms with E-state index >= 15 is 0 Å². The Morgan fingerprint density at radius 2 is 2.09 bits per heavy atom. The first-order chi connectivity index (χ1) is 15.9. The minimum atomic E-state index is -0.642. The van der Waals surface area contributed by atoms with E-state index in [9.17, 15) is 19.5 Å². The van der Waals surface area contributed by atoms with Crippen molar-refractivity contribution in [1.82, 2.24) is 9.97 Å². The van der Waals surface area contributed by atoms with Gasteiger partial charge in [-0.25, -0.2) is 4.79 Å². The maximum atomic E-state index is 12.9. The van der Waals surface area contributed by atoms with E-state index in [0.717, 1.165) is 47.5 Å². The van der Waals surface area contributed by atoms with Crippen molar-refractivity contribution in [3.63, 3.8) is 0 Å². The van der Waals surface area contributed by atoms with Crippen LogP contribution in [-0.2, 0) is 22.4 Å². The van der Waals surface area contributed by atoms with E-state index in [1.165, 1.54) is 24.0 Å². The van der Waals surface area contributed by atoms with E-state index < -0.39 is 22.7 Å². The number of benzene rings is 1. The van der Waals surface area contributed by atoms with Crippen LogP contribution in [0.2, 0.25) is 0 Å². The van der Waals surface area contributed by atoms with Crippen LogP contribution in [0.5, 0.6) is 5.88 Å². The molecule has 8 nitrogen and oxygen atoms in total. The number of hydrogen-bond donors (Lipinski definition) is 3. The monoisotopic (exact) mass is 485 g/mol. The lowest BCUT2D eigenvalue weighted by atomic mass is 9.83. The minimum absolute atomic E-state index is 0.131. The molecule has 2 heterocycles. The number of H-pyrrole nitrogens is 1. The van der Waals surface area contributed by atoms with E-state index in [0.29, 0.717) is 16.5 Å². The van der Waals surface area contributed by atoms with Crippen molar-refractivity contribution in [3.05, 3.63) is 68.3 Å². The second-order valence-electron chi connectivity index (χ2n) is 7.71. The lowest BCUT2D eigenvalue weighted by molar-refractivity contribution is -0.115. The number of thiophene rings is 1. The fourth-order valence-electron chi connectivity index (χ4n) is 3.92. The van der Waals surface area contributed by atoms with Gasteiger partial charge >= 0.3 is 5.97 Å². The summed E-state index contributed by atoms with van der Waals surface area (Å²) in [6.45, 7) is 1.65. The second-order valence-corrected chi connectivity index (χ2v) is 10.1. The number of nitrogens with one attached hydrogen (secondary N) is 2. The van der Waals surface area contributed by atoms with Crippen molar-refractivity contribution in [2.75, 3.05) is 12.4 Å². The molecule has 4 rings (SSSR count). The number of carbonyl (C=O) groups excluding carboxylic acids is 2. The molecule has 1 aliphatic carbocycles. The molecule has 0 radical (unpaired) electrons. The zero-order valence-corrected chi connectivity index (χ0v) is 19.7. The van der Waals surface area contributed by atoms with Crippen molar-refractivity contribution >= 4 is 40.0 Å². The third-order valence-corrected chi connectivity index (χ3v) is 7.68. The Kier molecular flexibility index (Phi) is 6.85. The average Bonchev–Trinajstić information content (AvgIpc) is 3.15. The fourth-order valence-corrected chi connectivity index (χ4v) is 6.04. The molecule has 2 aromatic heterocycles. The van der Waals surface area contributed by atoms with Crippen LogP contribution in [0.15, 0.2) is 46.3 Å². The first-order valence-electron chi connectivity index (χ1n) is 10.4. The van der Waals surface area contributed by atoms with Crippen LogP contribution >= 0.6 is 23.1 Å². The fraction of sp³-hybridized carbons (Fsp3) is 0.304. The van der Waals surface area contributed by atoms with Crippen molar-refractivity contribution < 1.29 is 19.4 Å². The summed E-state index contributed by atoms with van der Waals surface area (Å²) in [6.07, 6.45) is 2.43. The van der Waals surface area contributed by atoms with E-state index in [4.69, 9.17) is 4.74 Å². The van der Waals surface area contributed by atoms with Gasteiger partial charge in [0.1, 0.15) is 5.00 Å². The minimum Gasteiger partial charge on any atom is -0.493 e. The highest BCUT2D eigenvalue weighted by molar-refractivity contribution is 8.00. The van der Waals surface area contributed by atoms with Crippen LogP contribution in [0.3, 0.4) is 0 Å². The van der Waals surface area contributed by atoms with Gasteiger partial charge in [-0.15, -0.1) is 11.3 Å². The van der Waals surface area contributed by atoms with Gasteiger partial charge in [0.15, 0.2) is 5.16 Å². The topological polar surface area (TPSA) is 121 Å². The standard InChI is InChI=1S/C23H23N3O5S2/c1-12(32-23-24-17(27)11-18(28)25-23)20(29)26-21-19(22(30)31-2)15-9-8-14(10-16(15)33-21)13-6-4-3-5-7-13/h3-7,11-12,14H,8-10H2,1-2H3,(H,26,29)(H2,24,25,27,28). The summed E-state index contributed by atoms with van der Waals surface area (Å²) in [7, 11) is 1.33. The van der Waals surface area contributed by atoms with Gasteiger partial charge in [-0.3, -0.25) is 9.59 Å². The molecule has 2 atom stereocenters. The number of hydrogen-bond acceptors (Lipinski definition) is 8. The normalized spacial score (nSPS) is 16.0. The Labute approximate surface area is 198 Å². The predicted molar refractivity (Wildman–Crippen MR) is 127 cm³/mol. The highest BCUT2D eigenvalue weighted by atomic mass is 32.2. The third kappa shape index (κ3) is 5.12. The van der Waals surface area contributed by atoms with Crippen molar-refractivity contribution in [1.29, 1.82) is 0 Å². The van der Waals surface area contributed by atoms with Crippen LogP contribution in [0, 0.1) is 0 Å². The van der Waals surface area contributed by atoms with Gasteiger partial charge in [-0.1, -0.05) is 42.1 Å². The number of nitrogens with zero attached hydrogens (tertiary/aromatic N) is 1. The Bertz CT molecular complexity index is 1240. The number of methoxy groups -OCH3 is 1. The van der Waals surface area contributed by atoms with Crippen LogP contribution in [-0.4, -0.2) is 39.3 Å². The zero-order valence-electron chi connectivity index (χ0n) is 18.1. The summed E-state index contributed by atoms with van der Waals surface area (Å²) < 4.78 is 5.01. The van der Waals surface area contributed by atoms with Crippen molar-refractivity contribution in [3.8, 4) is 5.88 Å². The van der Waals surface area contributed by atoms with Gasteiger partial charge in [0.2, 0.25) is 11.8 Å². The molecule has 10 heteroatoms. The largest absolute Gasteiger partial charge is 0.493 e. The highest BCUT2D eigenvalue weighted by Gasteiger charge is 2.31. The zero-order chi connectivity index (χ0) is 23.5. The molecule has 0 saturated heterocycles. The van der Waals surface area contributed by atoms with Gasteiger partial charge in [0, 0.05) is 4.88 Å². The number of esters is 1. The number of amides is 1. The number of fused-ring (bicyclic) bond motifs is 1. The van der Waals surface area contributed by atoms with Gasteiger partial charge in [-0.2, -0.15) is 4.98 Å². The van der Waals surface area contributed by atoms with E-state index in [2.05, 4.69) is 27.4 Å². The SMILES string of the molecule is COC(=O)c1c(NC(=O)C(C)Sc2nc(O)cc(=O)[nH]2)sc2c1CCC(c1ccccc1)C2. The molecule has 172 valence electrons. The molecule has 33 heavy (non-hydrogen) atoms. The molecular formula is C23H23N3O5S2. The smallest absolute Gasteiger partial charge is 0.341 e. The average molecular weight is 486 g/mol. The first-order valence-corrected chi connectivity index (χ1v) is 12.1. The van der Waals surface area contributed by atoms with Crippen LogP contribution in [0.25, 0.3) is 0 Å². The maximum absolute atomic E-state index is 12.9. The Hall–Kier alpha value is -3.11. The van der Waals surface area contributed by atoms with E-state index in [1.807, 2.05) is 18.2 Å². The summed E-state index contributed by atoms with van der Waals surface area (Å²) in [5.41, 5.74) is 2.11. The molecule has 1 aromatic carbocycles. The molecular weight excluding hydrogens is 462 g/mol. The Morgan fingerprint density at radius 3 is 2.79 bits per heavy atom.